The van der Waals surface area contributed by atoms with Gasteiger partial charge in [-0.05, 0) is 37.2 Å². The van der Waals surface area contributed by atoms with Gasteiger partial charge in [-0.3, -0.25) is 0 Å². The quantitative estimate of drug-likeness (QED) is 0.730. The molecule has 0 aliphatic rings. The van der Waals surface area contributed by atoms with E-state index in [1.165, 1.54) is 12.8 Å². The third-order valence-corrected chi connectivity index (χ3v) is 2.93. The lowest BCUT2D eigenvalue weighted by Crippen LogP contribution is -2.19. The highest BCUT2D eigenvalue weighted by Gasteiger charge is 2.04. The molecule has 0 spiro atoms. The van der Waals surface area contributed by atoms with Gasteiger partial charge in [0.05, 0.1) is 0 Å². The smallest absolute Gasteiger partial charge is 0.130 e. The first-order chi connectivity index (χ1) is 9.21. The van der Waals surface area contributed by atoms with E-state index in [-0.39, 0.29) is 5.57 Å². The molecule has 0 amide bonds. The molecule has 0 saturated carbocycles. The van der Waals surface area contributed by atoms with Gasteiger partial charge in [-0.15, -0.1) is 0 Å². The Hall–Kier alpha value is -2.10. The Bertz CT molecular complexity index is 502. The van der Waals surface area contributed by atoms with Crippen molar-refractivity contribution in [1.29, 1.82) is 10.5 Å². The molecule has 98 valence electrons. The summed E-state index contributed by atoms with van der Waals surface area (Å²) in [6.45, 7) is 4.06. The van der Waals surface area contributed by atoms with Crippen LogP contribution in [-0.2, 0) is 6.54 Å². The van der Waals surface area contributed by atoms with E-state index in [1.807, 2.05) is 36.4 Å². The lowest BCUT2D eigenvalue weighted by atomic mass is 10.0. The SMILES string of the molecule is CCCCN(C)Cc1ccccc1C=C(C#N)C#N. The van der Waals surface area contributed by atoms with Crippen LogP contribution in [0.15, 0.2) is 29.8 Å². The van der Waals surface area contributed by atoms with E-state index in [0.29, 0.717) is 0 Å². The zero-order valence-electron chi connectivity index (χ0n) is 11.6. The first kappa shape index (κ1) is 15.0. The highest BCUT2D eigenvalue weighted by Crippen LogP contribution is 2.15. The van der Waals surface area contributed by atoms with Crippen molar-refractivity contribution in [2.45, 2.75) is 26.3 Å². The molecule has 1 rings (SSSR count). The van der Waals surface area contributed by atoms with E-state index in [0.717, 1.165) is 24.2 Å². The van der Waals surface area contributed by atoms with Gasteiger partial charge in [0, 0.05) is 6.54 Å². The molecule has 3 nitrogen and oxygen atoms in total. The van der Waals surface area contributed by atoms with Crippen molar-refractivity contribution in [2.24, 2.45) is 0 Å². The monoisotopic (exact) mass is 253 g/mol. The maximum Gasteiger partial charge on any atom is 0.130 e. The Morgan fingerprint density at radius 2 is 1.95 bits per heavy atom. The number of benzene rings is 1. The van der Waals surface area contributed by atoms with Gasteiger partial charge in [-0.1, -0.05) is 37.6 Å². The number of allylic oxidation sites excluding steroid dienone is 1. The van der Waals surface area contributed by atoms with Crippen molar-refractivity contribution in [3.8, 4) is 12.1 Å². The maximum absolute atomic E-state index is 8.83. The van der Waals surface area contributed by atoms with Crippen LogP contribution in [0.3, 0.4) is 0 Å². The van der Waals surface area contributed by atoms with E-state index < -0.39 is 0 Å². The summed E-state index contributed by atoms with van der Waals surface area (Å²) < 4.78 is 0. The van der Waals surface area contributed by atoms with Crippen LogP contribution in [0.2, 0.25) is 0 Å². The van der Waals surface area contributed by atoms with E-state index >= 15 is 0 Å². The molecule has 1 aromatic carbocycles. The zero-order chi connectivity index (χ0) is 14.1. The molecule has 1 aromatic rings. The van der Waals surface area contributed by atoms with Crippen molar-refractivity contribution < 1.29 is 0 Å². The van der Waals surface area contributed by atoms with E-state index in [4.69, 9.17) is 10.5 Å². The summed E-state index contributed by atoms with van der Waals surface area (Å²) in [5.74, 6) is 0. The van der Waals surface area contributed by atoms with Gasteiger partial charge < -0.3 is 4.90 Å². The number of hydrogen-bond donors (Lipinski definition) is 0. The summed E-state index contributed by atoms with van der Waals surface area (Å²) in [6.07, 6.45) is 4.01. The molecule has 0 unspecified atom stereocenters. The molecular weight excluding hydrogens is 234 g/mol. The largest absolute Gasteiger partial charge is 0.302 e. The molecule has 0 aromatic heterocycles. The lowest BCUT2D eigenvalue weighted by Gasteiger charge is -2.17. The van der Waals surface area contributed by atoms with E-state index in [2.05, 4.69) is 18.9 Å². The van der Waals surface area contributed by atoms with Crippen LogP contribution in [0.1, 0.15) is 30.9 Å². The van der Waals surface area contributed by atoms with Gasteiger partial charge in [0.15, 0.2) is 0 Å². The molecule has 0 N–H and O–H groups in total. The zero-order valence-corrected chi connectivity index (χ0v) is 11.6. The van der Waals surface area contributed by atoms with Crippen LogP contribution < -0.4 is 0 Å². The Morgan fingerprint density at radius 1 is 1.26 bits per heavy atom. The second-order valence-corrected chi connectivity index (χ2v) is 4.57. The third kappa shape index (κ3) is 4.95. The van der Waals surface area contributed by atoms with Gasteiger partial charge in [0.2, 0.25) is 0 Å². The molecule has 0 aliphatic heterocycles. The van der Waals surface area contributed by atoms with Crippen LogP contribution in [0.5, 0.6) is 0 Å². The average Bonchev–Trinajstić information content (AvgIpc) is 2.44. The lowest BCUT2D eigenvalue weighted by molar-refractivity contribution is 0.320. The van der Waals surface area contributed by atoms with Crippen molar-refractivity contribution in [2.75, 3.05) is 13.6 Å². The molecular formula is C16H19N3. The number of nitrogens with zero attached hydrogens (tertiary/aromatic N) is 3. The van der Waals surface area contributed by atoms with Crippen LogP contribution in [0.4, 0.5) is 0 Å². The fourth-order valence-electron chi connectivity index (χ4n) is 1.86. The van der Waals surface area contributed by atoms with Gasteiger partial charge >= 0.3 is 0 Å². The molecule has 0 saturated heterocycles. The summed E-state index contributed by atoms with van der Waals surface area (Å²) >= 11 is 0. The molecule has 0 radical (unpaired) electrons. The first-order valence-corrected chi connectivity index (χ1v) is 6.49. The van der Waals surface area contributed by atoms with Crippen molar-refractivity contribution in [3.63, 3.8) is 0 Å². The Labute approximate surface area is 115 Å². The minimum atomic E-state index is 0.142. The van der Waals surface area contributed by atoms with Crippen LogP contribution >= 0.6 is 0 Å². The van der Waals surface area contributed by atoms with E-state index in [9.17, 15) is 0 Å². The first-order valence-electron chi connectivity index (χ1n) is 6.49. The summed E-state index contributed by atoms with van der Waals surface area (Å²) in [6, 6.07) is 11.7. The third-order valence-electron chi connectivity index (χ3n) is 2.93. The van der Waals surface area contributed by atoms with Crippen LogP contribution in [0.25, 0.3) is 6.08 Å². The second kappa shape index (κ2) is 8.08. The molecule has 0 fully saturated rings. The fraction of sp³-hybridized carbons (Fsp3) is 0.375. The van der Waals surface area contributed by atoms with Crippen LogP contribution in [-0.4, -0.2) is 18.5 Å². The normalized spacial score (nSPS) is 9.74. The number of nitriles is 2. The molecule has 0 heterocycles. The van der Waals surface area contributed by atoms with Gasteiger partial charge in [-0.25, -0.2) is 0 Å². The highest BCUT2D eigenvalue weighted by molar-refractivity contribution is 5.64. The maximum atomic E-state index is 8.83. The van der Waals surface area contributed by atoms with Crippen molar-refractivity contribution in [3.05, 3.63) is 41.0 Å². The standard InChI is InChI=1S/C16H19N3/c1-3-4-9-19(2)13-16-8-6-5-7-15(16)10-14(11-17)12-18/h5-8,10H,3-4,9,13H2,1-2H3. The Morgan fingerprint density at radius 3 is 2.58 bits per heavy atom. The predicted octanol–water partition coefficient (Wildman–Crippen LogP) is 3.35. The molecule has 0 bridgehead atoms. The average molecular weight is 253 g/mol. The molecule has 19 heavy (non-hydrogen) atoms. The summed E-state index contributed by atoms with van der Waals surface area (Å²) in [5, 5.41) is 17.7. The number of unbranched alkanes of at least 4 members (excludes halogenated alkanes) is 1. The summed E-state index contributed by atoms with van der Waals surface area (Å²) in [4.78, 5) is 2.26. The molecule has 0 aliphatic carbocycles. The highest BCUT2D eigenvalue weighted by atomic mass is 15.1. The second-order valence-electron chi connectivity index (χ2n) is 4.57. The van der Waals surface area contributed by atoms with Crippen molar-refractivity contribution in [1.82, 2.24) is 4.90 Å². The summed E-state index contributed by atoms with van der Waals surface area (Å²) in [5.41, 5.74) is 2.23. The Kier molecular flexibility index (Phi) is 6.36. The predicted molar refractivity (Wildman–Crippen MR) is 76.9 cm³/mol. The fourth-order valence-corrected chi connectivity index (χ4v) is 1.86. The van der Waals surface area contributed by atoms with Crippen molar-refractivity contribution >= 4 is 6.08 Å². The van der Waals surface area contributed by atoms with Gasteiger partial charge in [0.1, 0.15) is 17.7 Å². The molecule has 3 heteroatoms. The Balaban J connectivity index is 2.88. The summed E-state index contributed by atoms with van der Waals surface area (Å²) in [7, 11) is 2.09. The minimum absolute atomic E-state index is 0.142. The van der Waals surface area contributed by atoms with Gasteiger partial charge in [0.25, 0.3) is 0 Å². The minimum Gasteiger partial charge on any atom is -0.302 e. The topological polar surface area (TPSA) is 50.8 Å². The van der Waals surface area contributed by atoms with Crippen LogP contribution in [0, 0.1) is 22.7 Å². The van der Waals surface area contributed by atoms with E-state index in [1.54, 1.807) is 6.08 Å². The number of hydrogen-bond acceptors (Lipinski definition) is 3. The number of rotatable bonds is 6. The van der Waals surface area contributed by atoms with Gasteiger partial charge in [-0.2, -0.15) is 10.5 Å². The molecule has 0 atom stereocenters.